The van der Waals surface area contributed by atoms with Gasteiger partial charge in [0, 0.05) is 0 Å². The van der Waals surface area contributed by atoms with E-state index in [9.17, 15) is 4.79 Å². The lowest BCUT2D eigenvalue weighted by Crippen LogP contribution is -2.08. The quantitative estimate of drug-likeness (QED) is 0.260. The van der Waals surface area contributed by atoms with Crippen LogP contribution in [0.5, 0.6) is 0 Å². The molecule has 0 amide bonds. The zero-order valence-corrected chi connectivity index (χ0v) is 14.6. The van der Waals surface area contributed by atoms with Gasteiger partial charge in [0.2, 0.25) is 0 Å². The van der Waals surface area contributed by atoms with E-state index in [-0.39, 0.29) is 5.92 Å². The van der Waals surface area contributed by atoms with Crippen molar-refractivity contribution < 1.29 is 9.90 Å². The fourth-order valence-corrected chi connectivity index (χ4v) is 2.51. The van der Waals surface area contributed by atoms with E-state index in [0.717, 1.165) is 19.3 Å². The molecule has 0 aliphatic rings. The molecule has 0 aromatic heterocycles. The van der Waals surface area contributed by atoms with Crippen molar-refractivity contribution in [2.75, 3.05) is 0 Å². The standard InChI is InChI=1S/C20H36O2/c1-3-4-5-6-7-8-9-10-11-12-13-14-15-16-17-18-19(2)20(21)22/h3,10-11,19H,1,4-9,12-18H2,2H3,(H,21,22). The molecule has 1 unspecified atom stereocenters. The number of carboxylic acids is 1. The fraction of sp³-hybridized carbons (Fsp3) is 0.750. The molecule has 1 atom stereocenters. The predicted octanol–water partition coefficient (Wildman–Crippen LogP) is 6.52. The normalized spacial score (nSPS) is 12.6. The molecule has 0 spiro atoms. The largest absolute Gasteiger partial charge is 0.481 e. The zero-order chi connectivity index (χ0) is 16.5. The van der Waals surface area contributed by atoms with E-state index in [1.54, 1.807) is 6.92 Å². The van der Waals surface area contributed by atoms with Crippen LogP contribution in [-0.2, 0) is 4.79 Å². The second-order valence-electron chi connectivity index (χ2n) is 6.34. The molecule has 0 aromatic rings. The van der Waals surface area contributed by atoms with Gasteiger partial charge in [-0.3, -0.25) is 4.79 Å². The number of hydrogen-bond donors (Lipinski definition) is 1. The summed E-state index contributed by atoms with van der Waals surface area (Å²) in [5, 5.41) is 8.79. The Balaban J connectivity index is 3.17. The number of unbranched alkanes of at least 4 members (excludes halogenated alkanes) is 10. The molecule has 1 N–H and O–H groups in total. The van der Waals surface area contributed by atoms with Crippen LogP contribution in [0.4, 0.5) is 0 Å². The van der Waals surface area contributed by atoms with Gasteiger partial charge >= 0.3 is 5.97 Å². The van der Waals surface area contributed by atoms with Crippen molar-refractivity contribution in [2.24, 2.45) is 5.92 Å². The maximum Gasteiger partial charge on any atom is 0.306 e. The molecule has 128 valence electrons. The Hall–Kier alpha value is -1.05. The van der Waals surface area contributed by atoms with E-state index in [1.165, 1.54) is 64.2 Å². The Morgan fingerprint density at radius 1 is 0.864 bits per heavy atom. The maximum atomic E-state index is 10.7. The zero-order valence-electron chi connectivity index (χ0n) is 14.6. The number of aliphatic carboxylic acids is 1. The van der Waals surface area contributed by atoms with Gasteiger partial charge in [0.15, 0.2) is 0 Å². The second-order valence-corrected chi connectivity index (χ2v) is 6.34. The first-order valence-corrected chi connectivity index (χ1v) is 9.17. The minimum Gasteiger partial charge on any atom is -0.481 e. The first-order chi connectivity index (χ1) is 10.7. The van der Waals surface area contributed by atoms with Crippen LogP contribution in [0.1, 0.15) is 90.4 Å². The summed E-state index contributed by atoms with van der Waals surface area (Å²) in [6, 6.07) is 0. The van der Waals surface area contributed by atoms with Crippen molar-refractivity contribution in [3.05, 3.63) is 24.8 Å². The predicted molar refractivity (Wildman–Crippen MR) is 96.2 cm³/mol. The Kier molecular flexibility index (Phi) is 15.5. The Bertz CT molecular complexity index is 294. The van der Waals surface area contributed by atoms with Crippen LogP contribution in [0.3, 0.4) is 0 Å². The van der Waals surface area contributed by atoms with Gasteiger partial charge in [-0.1, -0.05) is 63.7 Å². The first kappa shape index (κ1) is 20.9. The molecule has 2 heteroatoms. The molecule has 0 saturated heterocycles. The molecule has 0 bridgehead atoms. The van der Waals surface area contributed by atoms with E-state index < -0.39 is 5.97 Å². The number of rotatable bonds is 16. The first-order valence-electron chi connectivity index (χ1n) is 9.17. The van der Waals surface area contributed by atoms with Gasteiger partial charge in [-0.15, -0.1) is 6.58 Å². The highest BCUT2D eigenvalue weighted by molar-refractivity contribution is 5.69. The van der Waals surface area contributed by atoms with Crippen LogP contribution in [-0.4, -0.2) is 11.1 Å². The molecule has 0 aliphatic carbocycles. The average Bonchev–Trinajstić information content (AvgIpc) is 2.50. The summed E-state index contributed by atoms with van der Waals surface area (Å²) in [5.41, 5.74) is 0. The topological polar surface area (TPSA) is 37.3 Å². The van der Waals surface area contributed by atoms with Crippen molar-refractivity contribution in [1.82, 2.24) is 0 Å². The van der Waals surface area contributed by atoms with Crippen molar-refractivity contribution in [2.45, 2.75) is 90.4 Å². The summed E-state index contributed by atoms with van der Waals surface area (Å²) in [5.74, 6) is -0.842. The third-order valence-electron chi connectivity index (χ3n) is 4.13. The van der Waals surface area contributed by atoms with Gasteiger partial charge in [0.1, 0.15) is 0 Å². The lowest BCUT2D eigenvalue weighted by Gasteiger charge is -2.05. The van der Waals surface area contributed by atoms with Crippen LogP contribution in [0.25, 0.3) is 0 Å². The summed E-state index contributed by atoms with van der Waals surface area (Å²) >= 11 is 0. The molecule has 0 saturated carbocycles. The van der Waals surface area contributed by atoms with E-state index in [4.69, 9.17) is 5.11 Å². The molecule has 0 aliphatic heterocycles. The molecule has 0 fully saturated rings. The third-order valence-corrected chi connectivity index (χ3v) is 4.13. The van der Waals surface area contributed by atoms with Gasteiger partial charge in [-0.2, -0.15) is 0 Å². The third kappa shape index (κ3) is 15.3. The van der Waals surface area contributed by atoms with Gasteiger partial charge in [0.25, 0.3) is 0 Å². The number of carboxylic acid groups (broad SMARTS) is 1. The minimum absolute atomic E-state index is 0.181. The highest BCUT2D eigenvalue weighted by Crippen LogP contribution is 2.12. The van der Waals surface area contributed by atoms with Crippen molar-refractivity contribution in [1.29, 1.82) is 0 Å². The maximum absolute atomic E-state index is 10.7. The van der Waals surface area contributed by atoms with Crippen molar-refractivity contribution in [3.63, 3.8) is 0 Å². The van der Waals surface area contributed by atoms with Crippen LogP contribution >= 0.6 is 0 Å². The molecular formula is C20H36O2. The average molecular weight is 309 g/mol. The Morgan fingerprint density at radius 3 is 1.82 bits per heavy atom. The summed E-state index contributed by atoms with van der Waals surface area (Å²) < 4.78 is 0. The minimum atomic E-state index is -0.661. The van der Waals surface area contributed by atoms with Crippen LogP contribution in [0.15, 0.2) is 24.8 Å². The summed E-state index contributed by atoms with van der Waals surface area (Å²) in [6.07, 6.45) is 22.4. The highest BCUT2D eigenvalue weighted by atomic mass is 16.4. The molecular weight excluding hydrogens is 272 g/mol. The number of allylic oxidation sites excluding steroid dienone is 3. The molecule has 2 nitrogen and oxygen atoms in total. The monoisotopic (exact) mass is 308 g/mol. The van der Waals surface area contributed by atoms with E-state index in [2.05, 4.69) is 18.7 Å². The smallest absolute Gasteiger partial charge is 0.306 e. The van der Waals surface area contributed by atoms with Gasteiger partial charge in [-0.25, -0.2) is 0 Å². The molecule has 0 radical (unpaired) electrons. The van der Waals surface area contributed by atoms with E-state index in [1.807, 2.05) is 6.08 Å². The highest BCUT2D eigenvalue weighted by Gasteiger charge is 2.09. The lowest BCUT2D eigenvalue weighted by molar-refractivity contribution is -0.141. The van der Waals surface area contributed by atoms with Crippen LogP contribution in [0.2, 0.25) is 0 Å². The van der Waals surface area contributed by atoms with Gasteiger partial charge in [0.05, 0.1) is 5.92 Å². The summed E-state index contributed by atoms with van der Waals surface area (Å²) in [6.45, 7) is 5.54. The van der Waals surface area contributed by atoms with Crippen LogP contribution in [0, 0.1) is 5.92 Å². The van der Waals surface area contributed by atoms with Crippen molar-refractivity contribution >= 4 is 5.97 Å². The molecule has 22 heavy (non-hydrogen) atoms. The number of hydrogen-bond acceptors (Lipinski definition) is 1. The summed E-state index contributed by atoms with van der Waals surface area (Å²) in [4.78, 5) is 10.7. The molecule has 0 aromatic carbocycles. The molecule has 0 heterocycles. The number of carbonyl (C=O) groups is 1. The van der Waals surface area contributed by atoms with Gasteiger partial charge < -0.3 is 5.11 Å². The van der Waals surface area contributed by atoms with Crippen molar-refractivity contribution in [3.8, 4) is 0 Å². The fourth-order valence-electron chi connectivity index (χ4n) is 2.51. The van der Waals surface area contributed by atoms with Crippen LogP contribution < -0.4 is 0 Å². The lowest BCUT2D eigenvalue weighted by atomic mass is 10.0. The Labute approximate surface area is 137 Å². The van der Waals surface area contributed by atoms with E-state index >= 15 is 0 Å². The molecule has 0 rings (SSSR count). The SMILES string of the molecule is C=CCCCCCCC=CCCCCCCCC(C)C(=O)O. The summed E-state index contributed by atoms with van der Waals surface area (Å²) in [7, 11) is 0. The van der Waals surface area contributed by atoms with Gasteiger partial charge in [-0.05, 0) is 44.9 Å². The second kappa shape index (κ2) is 16.3. The van der Waals surface area contributed by atoms with E-state index in [0.29, 0.717) is 0 Å². The Morgan fingerprint density at radius 2 is 1.32 bits per heavy atom.